The number of halogens is 2. The van der Waals surface area contributed by atoms with Crippen molar-refractivity contribution in [3.8, 4) is 5.75 Å². The second-order valence-electron chi connectivity index (χ2n) is 7.45. The highest BCUT2D eigenvalue weighted by Crippen LogP contribution is 2.34. The number of esters is 1. The third-order valence-corrected chi connectivity index (χ3v) is 7.21. The third-order valence-electron chi connectivity index (χ3n) is 5.40. The van der Waals surface area contributed by atoms with Gasteiger partial charge in [0.1, 0.15) is 11.3 Å². The standard InChI is InChI=1S/C24H19F2NO6S/c1-32-23-9-7-17(34(30,31)27-11-10-15-4-2-3-5-21(15)27)13-18(23)24(29)33-14-22(28)16-6-8-19(25)20(26)12-16/h2-9,12-13H,10-11,14H2,1H3. The van der Waals surface area contributed by atoms with Crippen LogP contribution >= 0.6 is 0 Å². The SMILES string of the molecule is COc1ccc(S(=O)(=O)N2CCc3ccccc32)cc1C(=O)OCC(=O)c1ccc(F)c(F)c1. The molecule has 0 aliphatic carbocycles. The van der Waals surface area contributed by atoms with Crippen LogP contribution in [0.2, 0.25) is 0 Å². The number of methoxy groups -OCH3 is 1. The normalized spacial score (nSPS) is 12.9. The van der Waals surface area contributed by atoms with Gasteiger partial charge in [-0.15, -0.1) is 0 Å². The Morgan fingerprint density at radius 2 is 1.76 bits per heavy atom. The molecule has 1 aliphatic rings. The van der Waals surface area contributed by atoms with Crippen LogP contribution in [0, 0.1) is 11.6 Å². The zero-order chi connectivity index (χ0) is 24.5. The zero-order valence-corrected chi connectivity index (χ0v) is 18.8. The molecule has 0 saturated heterocycles. The van der Waals surface area contributed by atoms with E-state index in [1.807, 2.05) is 12.1 Å². The maximum absolute atomic E-state index is 13.4. The fourth-order valence-corrected chi connectivity index (χ4v) is 5.18. The average molecular weight is 487 g/mol. The minimum absolute atomic E-state index is 0.0473. The molecule has 176 valence electrons. The van der Waals surface area contributed by atoms with Crippen LogP contribution < -0.4 is 9.04 Å². The number of hydrogen-bond acceptors (Lipinski definition) is 6. The quantitative estimate of drug-likeness (QED) is 0.372. The maximum atomic E-state index is 13.4. The van der Waals surface area contributed by atoms with E-state index in [1.165, 1.54) is 23.5 Å². The number of benzene rings is 3. The number of carbonyl (C=O) groups is 2. The molecule has 0 bridgehead atoms. The molecule has 10 heteroatoms. The summed E-state index contributed by atoms with van der Waals surface area (Å²) in [5.74, 6) is -4.04. The number of sulfonamides is 1. The molecule has 0 radical (unpaired) electrons. The molecule has 0 N–H and O–H groups in total. The van der Waals surface area contributed by atoms with E-state index >= 15 is 0 Å². The van der Waals surface area contributed by atoms with E-state index in [2.05, 4.69) is 0 Å². The van der Waals surface area contributed by atoms with E-state index in [-0.39, 0.29) is 28.3 Å². The molecule has 3 aromatic carbocycles. The fourth-order valence-electron chi connectivity index (χ4n) is 3.65. The lowest BCUT2D eigenvalue weighted by atomic mass is 10.1. The predicted molar refractivity (Wildman–Crippen MR) is 119 cm³/mol. The van der Waals surface area contributed by atoms with Gasteiger partial charge in [-0.2, -0.15) is 0 Å². The Hall–Kier alpha value is -3.79. The van der Waals surface area contributed by atoms with Crippen molar-refractivity contribution in [2.75, 3.05) is 24.6 Å². The van der Waals surface area contributed by atoms with Crippen molar-refractivity contribution >= 4 is 27.5 Å². The highest BCUT2D eigenvalue weighted by Gasteiger charge is 2.32. The molecular weight excluding hydrogens is 468 g/mol. The van der Waals surface area contributed by atoms with Gasteiger partial charge >= 0.3 is 5.97 Å². The summed E-state index contributed by atoms with van der Waals surface area (Å²) >= 11 is 0. The molecule has 0 amide bonds. The Labute approximate surface area is 194 Å². The van der Waals surface area contributed by atoms with Crippen LogP contribution in [0.4, 0.5) is 14.5 Å². The number of rotatable bonds is 7. The van der Waals surface area contributed by atoms with Crippen molar-refractivity contribution in [1.82, 2.24) is 0 Å². The van der Waals surface area contributed by atoms with Crippen LogP contribution in [0.25, 0.3) is 0 Å². The van der Waals surface area contributed by atoms with Gasteiger partial charge < -0.3 is 9.47 Å². The van der Waals surface area contributed by atoms with Crippen LogP contribution in [0.1, 0.15) is 26.3 Å². The Morgan fingerprint density at radius 1 is 1.00 bits per heavy atom. The van der Waals surface area contributed by atoms with E-state index in [0.717, 1.165) is 23.8 Å². The summed E-state index contributed by atoms with van der Waals surface area (Å²) in [6, 6.07) is 13.5. The lowest BCUT2D eigenvalue weighted by Crippen LogP contribution is -2.29. The van der Waals surface area contributed by atoms with E-state index in [0.29, 0.717) is 18.2 Å². The van der Waals surface area contributed by atoms with Gasteiger partial charge in [0.15, 0.2) is 24.0 Å². The average Bonchev–Trinajstić information content (AvgIpc) is 3.28. The first-order valence-electron chi connectivity index (χ1n) is 10.2. The Kier molecular flexibility index (Phi) is 6.34. The highest BCUT2D eigenvalue weighted by molar-refractivity contribution is 7.92. The van der Waals surface area contributed by atoms with Gasteiger partial charge in [-0.3, -0.25) is 9.10 Å². The summed E-state index contributed by atoms with van der Waals surface area (Å²) in [6.45, 7) is -0.500. The summed E-state index contributed by atoms with van der Waals surface area (Å²) in [6.07, 6.45) is 0.562. The van der Waals surface area contributed by atoms with Gasteiger partial charge in [0, 0.05) is 12.1 Å². The molecular formula is C24H19F2NO6S. The molecule has 0 saturated carbocycles. The first kappa shape index (κ1) is 23.4. The van der Waals surface area contributed by atoms with Crippen molar-refractivity contribution in [1.29, 1.82) is 0 Å². The predicted octanol–water partition coefficient (Wildman–Crippen LogP) is 3.76. The van der Waals surface area contributed by atoms with Gasteiger partial charge in [-0.05, 0) is 54.4 Å². The second-order valence-corrected chi connectivity index (χ2v) is 9.31. The molecule has 7 nitrogen and oxygen atoms in total. The minimum atomic E-state index is -3.99. The Balaban J connectivity index is 1.57. The third kappa shape index (κ3) is 4.36. The van der Waals surface area contributed by atoms with Crippen LogP contribution in [-0.2, 0) is 21.2 Å². The molecule has 0 unspecified atom stereocenters. The van der Waals surface area contributed by atoms with Gasteiger partial charge in [-0.25, -0.2) is 22.0 Å². The van der Waals surface area contributed by atoms with Crippen molar-refractivity contribution < 1.29 is 36.3 Å². The van der Waals surface area contributed by atoms with Gasteiger partial charge in [0.2, 0.25) is 0 Å². The number of Topliss-reactive ketones (excluding diaryl/α,β-unsaturated/α-hetero) is 1. The lowest BCUT2D eigenvalue weighted by Gasteiger charge is -2.20. The van der Waals surface area contributed by atoms with Crippen LogP contribution in [0.5, 0.6) is 5.75 Å². The van der Waals surface area contributed by atoms with Crippen LogP contribution in [0.3, 0.4) is 0 Å². The molecule has 0 aromatic heterocycles. The van der Waals surface area contributed by atoms with Crippen LogP contribution in [-0.4, -0.2) is 40.4 Å². The van der Waals surface area contributed by atoms with E-state index in [1.54, 1.807) is 12.1 Å². The number of anilines is 1. The minimum Gasteiger partial charge on any atom is -0.496 e. The molecule has 4 rings (SSSR count). The molecule has 1 heterocycles. The number of carbonyl (C=O) groups excluding carboxylic acids is 2. The number of nitrogens with zero attached hydrogens (tertiary/aromatic N) is 1. The fraction of sp³-hybridized carbons (Fsp3) is 0.167. The highest BCUT2D eigenvalue weighted by atomic mass is 32.2. The van der Waals surface area contributed by atoms with Crippen LogP contribution in [0.15, 0.2) is 65.6 Å². The summed E-state index contributed by atoms with van der Waals surface area (Å²) in [4.78, 5) is 24.7. The lowest BCUT2D eigenvalue weighted by molar-refractivity contribution is 0.0471. The van der Waals surface area contributed by atoms with Crippen molar-refractivity contribution in [2.45, 2.75) is 11.3 Å². The zero-order valence-electron chi connectivity index (χ0n) is 18.0. The summed E-state index contributed by atoms with van der Waals surface area (Å²) in [5.41, 5.74) is 1.09. The molecule has 1 aliphatic heterocycles. The van der Waals surface area contributed by atoms with Gasteiger partial charge in [-0.1, -0.05) is 18.2 Å². The van der Waals surface area contributed by atoms with Crippen molar-refractivity contribution in [2.24, 2.45) is 0 Å². The molecule has 34 heavy (non-hydrogen) atoms. The first-order chi connectivity index (χ1) is 16.2. The summed E-state index contributed by atoms with van der Waals surface area (Å²) < 4.78 is 64.5. The van der Waals surface area contributed by atoms with Crippen molar-refractivity contribution in [3.05, 3.63) is 89.0 Å². The molecule has 0 fully saturated rings. The molecule has 0 atom stereocenters. The smallest absolute Gasteiger partial charge is 0.342 e. The number of para-hydroxylation sites is 1. The Morgan fingerprint density at radius 3 is 2.50 bits per heavy atom. The summed E-state index contributed by atoms with van der Waals surface area (Å²) in [7, 11) is -2.70. The Bertz CT molecular complexity index is 1390. The van der Waals surface area contributed by atoms with E-state index < -0.39 is 40.0 Å². The molecule has 3 aromatic rings. The van der Waals surface area contributed by atoms with Crippen molar-refractivity contribution in [3.63, 3.8) is 0 Å². The molecule has 0 spiro atoms. The van der Waals surface area contributed by atoms with Gasteiger partial charge in [0.05, 0.1) is 17.7 Å². The largest absolute Gasteiger partial charge is 0.496 e. The number of fused-ring (bicyclic) bond motifs is 1. The first-order valence-corrected chi connectivity index (χ1v) is 11.6. The monoisotopic (exact) mass is 487 g/mol. The topological polar surface area (TPSA) is 90.0 Å². The second kappa shape index (κ2) is 9.22. The van der Waals surface area contributed by atoms with Gasteiger partial charge in [0.25, 0.3) is 10.0 Å². The number of ketones is 1. The number of ether oxygens (including phenoxy) is 2. The van der Waals surface area contributed by atoms with E-state index in [4.69, 9.17) is 9.47 Å². The van der Waals surface area contributed by atoms with E-state index in [9.17, 15) is 26.8 Å². The maximum Gasteiger partial charge on any atom is 0.342 e. The summed E-state index contributed by atoms with van der Waals surface area (Å²) in [5, 5.41) is 0. The number of hydrogen-bond donors (Lipinski definition) is 0.